The number of nitro benzene ring substituents is 2. The van der Waals surface area contributed by atoms with Crippen LogP contribution in [0.2, 0.25) is 0 Å². The molecule has 0 aromatic heterocycles. The third-order valence-corrected chi connectivity index (χ3v) is 4.74. The lowest BCUT2D eigenvalue weighted by atomic mass is 9.87. The van der Waals surface area contributed by atoms with Crippen molar-refractivity contribution >= 4 is 29.2 Å². The number of rotatable bonds is 11. The highest BCUT2D eigenvalue weighted by Gasteiger charge is 2.32. The molecule has 0 aliphatic rings. The summed E-state index contributed by atoms with van der Waals surface area (Å²) < 4.78 is 4.95. The number of primary amides is 1. The second-order valence-electron chi connectivity index (χ2n) is 7.02. The first-order valence-corrected chi connectivity index (χ1v) is 9.84. The summed E-state index contributed by atoms with van der Waals surface area (Å²) in [5, 5.41) is 24.3. The number of nitro groups is 2. The minimum absolute atomic E-state index is 0.0895. The van der Waals surface area contributed by atoms with Gasteiger partial charge in [-0.25, -0.2) is 0 Å². The number of nitrogens with one attached hydrogen (secondary N) is 1. The standard InChI is InChI=1S/C21H22N4O8/c1-2-33-19(27)12-17(14-6-8-15(9-7-14)24(29)30)20(21(22)28)23-18(26)11-13-4-3-5-16(10-13)25(31)32/h3-10,17,20H,2,11-12H2,1H3,(H2,22,28)(H,23,26)/t17-,20-/m1/s1. The molecule has 0 fully saturated rings. The number of hydrogen-bond donors (Lipinski definition) is 2. The Morgan fingerprint density at radius 2 is 1.67 bits per heavy atom. The number of carbonyl (C=O) groups is 3. The Morgan fingerprint density at radius 3 is 2.21 bits per heavy atom. The summed E-state index contributed by atoms with van der Waals surface area (Å²) in [7, 11) is 0. The van der Waals surface area contributed by atoms with E-state index in [1.165, 1.54) is 48.5 Å². The summed E-state index contributed by atoms with van der Waals surface area (Å²) in [4.78, 5) is 57.6. The smallest absolute Gasteiger partial charge is 0.306 e. The fraction of sp³-hybridized carbons (Fsp3) is 0.286. The molecule has 2 aromatic rings. The van der Waals surface area contributed by atoms with E-state index in [4.69, 9.17) is 10.5 Å². The number of benzene rings is 2. The minimum Gasteiger partial charge on any atom is -0.466 e. The average Bonchev–Trinajstić information content (AvgIpc) is 2.76. The number of amides is 2. The monoisotopic (exact) mass is 458 g/mol. The van der Waals surface area contributed by atoms with Crippen LogP contribution in [-0.4, -0.2) is 40.3 Å². The number of nitrogens with two attached hydrogens (primary N) is 1. The van der Waals surface area contributed by atoms with Crippen LogP contribution in [0.1, 0.15) is 30.4 Å². The molecule has 12 heteroatoms. The maximum absolute atomic E-state index is 12.6. The summed E-state index contributed by atoms with van der Waals surface area (Å²) in [6.45, 7) is 1.69. The zero-order valence-electron chi connectivity index (χ0n) is 17.6. The van der Waals surface area contributed by atoms with Crippen LogP contribution in [0.25, 0.3) is 0 Å². The van der Waals surface area contributed by atoms with Gasteiger partial charge in [0.25, 0.3) is 11.4 Å². The Morgan fingerprint density at radius 1 is 1.03 bits per heavy atom. The van der Waals surface area contributed by atoms with E-state index in [1.54, 1.807) is 6.92 Å². The molecule has 0 aliphatic heterocycles. The molecule has 2 rings (SSSR count). The Kier molecular flexibility index (Phi) is 8.55. The summed E-state index contributed by atoms with van der Waals surface area (Å²) in [6, 6.07) is 9.23. The van der Waals surface area contributed by atoms with Crippen molar-refractivity contribution in [2.24, 2.45) is 5.73 Å². The lowest BCUT2D eigenvalue weighted by molar-refractivity contribution is -0.385. The van der Waals surface area contributed by atoms with Crippen molar-refractivity contribution in [1.29, 1.82) is 0 Å². The lowest BCUT2D eigenvalue weighted by Crippen LogP contribution is -2.49. The van der Waals surface area contributed by atoms with Crippen molar-refractivity contribution in [2.75, 3.05) is 6.61 Å². The van der Waals surface area contributed by atoms with Crippen molar-refractivity contribution in [3.63, 3.8) is 0 Å². The summed E-state index contributed by atoms with van der Waals surface area (Å²) in [5.74, 6) is -3.21. The molecule has 0 unspecified atom stereocenters. The van der Waals surface area contributed by atoms with Gasteiger partial charge in [-0.05, 0) is 18.1 Å². The second kappa shape index (κ2) is 11.3. The van der Waals surface area contributed by atoms with Crippen molar-refractivity contribution in [1.82, 2.24) is 5.32 Å². The van der Waals surface area contributed by atoms with Crippen LogP contribution in [0.15, 0.2) is 48.5 Å². The number of non-ortho nitro benzene ring substituents is 2. The van der Waals surface area contributed by atoms with E-state index in [-0.39, 0.29) is 30.8 Å². The Bertz CT molecular complexity index is 1050. The molecule has 2 amide bonds. The molecule has 2 aromatic carbocycles. The third-order valence-electron chi connectivity index (χ3n) is 4.74. The van der Waals surface area contributed by atoms with Crippen LogP contribution in [0.3, 0.4) is 0 Å². The fourth-order valence-electron chi connectivity index (χ4n) is 3.23. The van der Waals surface area contributed by atoms with Gasteiger partial charge < -0.3 is 15.8 Å². The van der Waals surface area contributed by atoms with Gasteiger partial charge in [-0.15, -0.1) is 0 Å². The van der Waals surface area contributed by atoms with Crippen LogP contribution < -0.4 is 11.1 Å². The van der Waals surface area contributed by atoms with E-state index in [9.17, 15) is 34.6 Å². The fourth-order valence-corrected chi connectivity index (χ4v) is 3.23. The van der Waals surface area contributed by atoms with E-state index in [0.29, 0.717) is 11.1 Å². The predicted octanol–water partition coefficient (Wildman–Crippen LogP) is 1.75. The largest absolute Gasteiger partial charge is 0.466 e. The molecule has 12 nitrogen and oxygen atoms in total. The van der Waals surface area contributed by atoms with Gasteiger partial charge in [0.1, 0.15) is 6.04 Å². The van der Waals surface area contributed by atoms with E-state index in [2.05, 4.69) is 5.32 Å². The summed E-state index contributed by atoms with van der Waals surface area (Å²) in [6.07, 6.45) is -0.603. The number of esters is 1. The highest BCUT2D eigenvalue weighted by Crippen LogP contribution is 2.27. The summed E-state index contributed by atoms with van der Waals surface area (Å²) >= 11 is 0. The van der Waals surface area contributed by atoms with Gasteiger partial charge in [-0.2, -0.15) is 0 Å². The molecule has 2 atom stereocenters. The average molecular weight is 458 g/mol. The SMILES string of the molecule is CCOC(=O)C[C@H](c1ccc([N+](=O)[O-])cc1)[C@@H](NC(=O)Cc1cccc([N+](=O)[O-])c1)C(N)=O. The van der Waals surface area contributed by atoms with Gasteiger partial charge in [0.15, 0.2) is 0 Å². The molecule has 3 N–H and O–H groups in total. The third kappa shape index (κ3) is 7.09. The van der Waals surface area contributed by atoms with E-state index >= 15 is 0 Å². The molecule has 0 spiro atoms. The minimum atomic E-state index is -1.35. The van der Waals surface area contributed by atoms with Crippen molar-refractivity contribution in [3.05, 3.63) is 79.9 Å². The van der Waals surface area contributed by atoms with Crippen LogP contribution in [0.5, 0.6) is 0 Å². The second-order valence-corrected chi connectivity index (χ2v) is 7.02. The first kappa shape index (κ1) is 24.9. The highest BCUT2D eigenvalue weighted by atomic mass is 16.6. The highest BCUT2D eigenvalue weighted by molar-refractivity contribution is 5.89. The Labute approximate surface area is 188 Å². The van der Waals surface area contributed by atoms with Gasteiger partial charge in [0.05, 0.1) is 29.3 Å². The molecule has 33 heavy (non-hydrogen) atoms. The van der Waals surface area contributed by atoms with Crippen LogP contribution in [0, 0.1) is 20.2 Å². The van der Waals surface area contributed by atoms with Crippen LogP contribution >= 0.6 is 0 Å². The zero-order valence-corrected chi connectivity index (χ0v) is 17.6. The first-order valence-electron chi connectivity index (χ1n) is 9.84. The molecule has 174 valence electrons. The first-order chi connectivity index (χ1) is 15.6. The van der Waals surface area contributed by atoms with Crippen molar-refractivity contribution < 1.29 is 29.0 Å². The van der Waals surface area contributed by atoms with Gasteiger partial charge in [-0.3, -0.25) is 34.6 Å². The maximum Gasteiger partial charge on any atom is 0.306 e. The predicted molar refractivity (Wildman–Crippen MR) is 115 cm³/mol. The molecular weight excluding hydrogens is 436 g/mol. The number of ether oxygens (including phenoxy) is 1. The van der Waals surface area contributed by atoms with Crippen molar-refractivity contribution in [3.8, 4) is 0 Å². The van der Waals surface area contributed by atoms with Crippen LogP contribution in [0.4, 0.5) is 11.4 Å². The quantitative estimate of drug-likeness (QED) is 0.290. The molecule has 0 bridgehead atoms. The van der Waals surface area contributed by atoms with Gasteiger partial charge in [0.2, 0.25) is 11.8 Å². The van der Waals surface area contributed by atoms with E-state index in [0.717, 1.165) is 0 Å². The summed E-state index contributed by atoms with van der Waals surface area (Å²) in [5.41, 5.74) is 5.80. The van der Waals surface area contributed by atoms with E-state index < -0.39 is 39.6 Å². The van der Waals surface area contributed by atoms with E-state index in [1.807, 2.05) is 0 Å². The number of carbonyl (C=O) groups excluding carboxylic acids is 3. The molecule has 0 heterocycles. The Balaban J connectivity index is 2.30. The van der Waals surface area contributed by atoms with Gasteiger partial charge in [0, 0.05) is 30.2 Å². The lowest BCUT2D eigenvalue weighted by Gasteiger charge is -2.25. The Hall–Kier alpha value is -4.35. The van der Waals surface area contributed by atoms with Crippen molar-refractivity contribution in [2.45, 2.75) is 31.7 Å². The molecule has 0 aliphatic carbocycles. The normalized spacial score (nSPS) is 12.3. The molecular formula is C21H22N4O8. The van der Waals surface area contributed by atoms with Crippen LogP contribution in [-0.2, 0) is 25.5 Å². The molecule has 0 radical (unpaired) electrons. The maximum atomic E-state index is 12.6. The molecule has 0 saturated carbocycles. The number of nitrogens with zero attached hydrogens (tertiary/aromatic N) is 2. The number of hydrogen-bond acceptors (Lipinski definition) is 8. The zero-order chi connectivity index (χ0) is 24.5. The van der Waals surface area contributed by atoms with Gasteiger partial charge >= 0.3 is 5.97 Å². The molecule has 0 saturated heterocycles. The van der Waals surface area contributed by atoms with Gasteiger partial charge in [-0.1, -0.05) is 24.3 Å². The topological polar surface area (TPSA) is 185 Å².